The first-order valence-corrected chi connectivity index (χ1v) is 11.4. The quantitative estimate of drug-likeness (QED) is 0.500. The first kappa shape index (κ1) is 22.6. The molecule has 1 fully saturated rings. The third-order valence-electron chi connectivity index (χ3n) is 6.43. The number of carbonyl (C=O) groups excluding carboxylic acids is 3. The molecule has 9 heteroatoms. The lowest BCUT2D eigenvalue weighted by atomic mass is 9.95. The molecule has 0 bridgehead atoms. The van der Waals surface area contributed by atoms with Crippen LogP contribution in [-0.4, -0.2) is 46.7 Å². The van der Waals surface area contributed by atoms with Gasteiger partial charge in [0.25, 0.3) is 5.91 Å². The second kappa shape index (κ2) is 8.57. The van der Waals surface area contributed by atoms with Gasteiger partial charge in [-0.3, -0.25) is 14.5 Å². The maximum absolute atomic E-state index is 13.7. The fraction of sp³-hybridized carbons (Fsp3) is 0.308. The molecule has 2 aliphatic heterocycles. The van der Waals surface area contributed by atoms with Crippen molar-refractivity contribution in [3.63, 3.8) is 0 Å². The standard InChI is InChI=1S/C26H25N3O6/c1-16(2)28-24(31)19-9-4-6-10-21(19)29-23(30)12-13-26(28,29)25(32)34-15-17-14-20(27-35-17)18-8-5-7-11-22(18)33-3/h4-11,14,16H,12-13,15H2,1-3H3. The number of rotatable bonds is 6. The van der Waals surface area contributed by atoms with Gasteiger partial charge in [-0.05, 0) is 38.1 Å². The summed E-state index contributed by atoms with van der Waals surface area (Å²) < 4.78 is 16.4. The molecule has 9 nitrogen and oxygen atoms in total. The van der Waals surface area contributed by atoms with Crippen LogP contribution in [0.25, 0.3) is 11.3 Å². The van der Waals surface area contributed by atoms with Crippen molar-refractivity contribution in [2.45, 2.75) is 45.0 Å². The second-order valence-electron chi connectivity index (χ2n) is 8.79. The summed E-state index contributed by atoms with van der Waals surface area (Å²) in [6, 6.07) is 15.5. The van der Waals surface area contributed by atoms with E-state index in [1.54, 1.807) is 37.4 Å². The summed E-state index contributed by atoms with van der Waals surface area (Å²) in [6.07, 6.45) is 0.270. The molecule has 1 aromatic heterocycles. The molecule has 1 atom stereocenters. The summed E-state index contributed by atoms with van der Waals surface area (Å²) in [5.41, 5.74) is 0.531. The second-order valence-corrected chi connectivity index (χ2v) is 8.79. The van der Waals surface area contributed by atoms with Crippen LogP contribution in [0.2, 0.25) is 0 Å². The third kappa shape index (κ3) is 3.46. The summed E-state index contributed by atoms with van der Waals surface area (Å²) >= 11 is 0. The zero-order valence-corrected chi connectivity index (χ0v) is 19.7. The van der Waals surface area contributed by atoms with Gasteiger partial charge in [0.2, 0.25) is 11.6 Å². The minimum absolute atomic E-state index is 0.125. The summed E-state index contributed by atoms with van der Waals surface area (Å²) in [7, 11) is 1.57. The molecule has 2 aromatic carbocycles. The van der Waals surface area contributed by atoms with Crippen LogP contribution in [-0.2, 0) is 20.9 Å². The molecule has 2 aliphatic rings. The van der Waals surface area contributed by atoms with Crippen LogP contribution in [0.1, 0.15) is 42.8 Å². The fourth-order valence-electron chi connectivity index (χ4n) is 4.99. The highest BCUT2D eigenvalue weighted by molar-refractivity contribution is 6.15. The van der Waals surface area contributed by atoms with E-state index >= 15 is 0 Å². The number of methoxy groups -OCH3 is 1. The molecule has 35 heavy (non-hydrogen) atoms. The van der Waals surface area contributed by atoms with Gasteiger partial charge in [-0.1, -0.05) is 29.4 Å². The van der Waals surface area contributed by atoms with Gasteiger partial charge in [0.1, 0.15) is 11.4 Å². The molecule has 0 spiro atoms. The number of nitrogens with zero attached hydrogens (tertiary/aromatic N) is 3. The summed E-state index contributed by atoms with van der Waals surface area (Å²) in [6.45, 7) is 3.43. The van der Waals surface area contributed by atoms with Gasteiger partial charge in [0.15, 0.2) is 12.4 Å². The first-order valence-electron chi connectivity index (χ1n) is 11.4. The van der Waals surface area contributed by atoms with E-state index < -0.39 is 11.6 Å². The van der Waals surface area contributed by atoms with Crippen LogP contribution in [0.15, 0.2) is 59.1 Å². The highest BCUT2D eigenvalue weighted by atomic mass is 16.6. The number of fused-ring (bicyclic) bond motifs is 3. The Bertz CT molecular complexity index is 1320. The van der Waals surface area contributed by atoms with Gasteiger partial charge in [0, 0.05) is 30.5 Å². The average Bonchev–Trinajstić information content (AvgIpc) is 3.48. The zero-order valence-electron chi connectivity index (χ0n) is 19.7. The molecular weight excluding hydrogens is 450 g/mol. The molecule has 0 saturated carbocycles. The highest BCUT2D eigenvalue weighted by Gasteiger charge is 2.62. The van der Waals surface area contributed by atoms with Crippen LogP contribution in [0.3, 0.4) is 0 Å². The SMILES string of the molecule is COc1ccccc1-c1cc(COC(=O)C23CCC(=O)N2c2ccccc2C(=O)N3C(C)C)on1. The monoisotopic (exact) mass is 475 g/mol. The number of aromatic nitrogens is 1. The van der Waals surface area contributed by atoms with Crippen LogP contribution in [0.4, 0.5) is 5.69 Å². The van der Waals surface area contributed by atoms with Crippen molar-refractivity contribution in [1.82, 2.24) is 10.1 Å². The third-order valence-corrected chi connectivity index (χ3v) is 6.43. The number of hydrogen-bond donors (Lipinski definition) is 0. The van der Waals surface area contributed by atoms with Crippen LogP contribution < -0.4 is 9.64 Å². The van der Waals surface area contributed by atoms with E-state index in [1.807, 2.05) is 38.1 Å². The highest BCUT2D eigenvalue weighted by Crippen LogP contribution is 2.46. The molecule has 0 N–H and O–H groups in total. The van der Waals surface area contributed by atoms with Crippen LogP contribution in [0.5, 0.6) is 5.75 Å². The number of carbonyl (C=O) groups is 3. The van der Waals surface area contributed by atoms with Crippen molar-refractivity contribution in [2.75, 3.05) is 12.0 Å². The number of amides is 2. The van der Waals surface area contributed by atoms with Crippen molar-refractivity contribution >= 4 is 23.5 Å². The minimum Gasteiger partial charge on any atom is -0.496 e. The van der Waals surface area contributed by atoms with E-state index in [4.69, 9.17) is 14.0 Å². The van der Waals surface area contributed by atoms with E-state index in [-0.39, 0.29) is 37.3 Å². The Balaban J connectivity index is 1.45. The number of benzene rings is 2. The predicted molar refractivity (Wildman–Crippen MR) is 125 cm³/mol. The molecule has 3 aromatic rings. The molecule has 180 valence electrons. The topological polar surface area (TPSA) is 102 Å². The molecule has 5 rings (SSSR count). The van der Waals surface area contributed by atoms with Crippen molar-refractivity contribution in [3.8, 4) is 17.0 Å². The Hall–Kier alpha value is -4.14. The molecular formula is C26H25N3O6. The molecule has 0 radical (unpaired) electrons. The predicted octanol–water partition coefficient (Wildman–Crippen LogP) is 3.78. The zero-order chi connectivity index (χ0) is 24.7. The lowest BCUT2D eigenvalue weighted by Gasteiger charge is -2.50. The van der Waals surface area contributed by atoms with Crippen molar-refractivity contribution in [1.29, 1.82) is 0 Å². The smallest absolute Gasteiger partial charge is 0.354 e. The largest absolute Gasteiger partial charge is 0.496 e. The lowest BCUT2D eigenvalue weighted by molar-refractivity contribution is -0.160. The van der Waals surface area contributed by atoms with E-state index in [0.717, 1.165) is 5.56 Å². The van der Waals surface area contributed by atoms with Gasteiger partial charge in [0.05, 0.1) is 18.4 Å². The number of anilines is 1. The number of esters is 1. The van der Waals surface area contributed by atoms with E-state index in [0.29, 0.717) is 28.5 Å². The minimum atomic E-state index is -1.55. The van der Waals surface area contributed by atoms with Gasteiger partial charge in [-0.2, -0.15) is 0 Å². The van der Waals surface area contributed by atoms with Crippen molar-refractivity contribution < 1.29 is 28.4 Å². The average molecular weight is 476 g/mol. The maximum atomic E-state index is 13.7. The molecule has 0 aliphatic carbocycles. The number of para-hydroxylation sites is 2. The summed E-state index contributed by atoms with van der Waals surface area (Å²) in [4.78, 5) is 43.0. The van der Waals surface area contributed by atoms with Gasteiger partial charge in [-0.25, -0.2) is 4.79 Å². The normalized spacial score (nSPS) is 19.1. The molecule has 3 heterocycles. The van der Waals surface area contributed by atoms with Crippen molar-refractivity contribution in [2.24, 2.45) is 0 Å². The van der Waals surface area contributed by atoms with E-state index in [9.17, 15) is 14.4 Å². The van der Waals surface area contributed by atoms with Crippen molar-refractivity contribution in [3.05, 3.63) is 65.9 Å². The molecule has 1 saturated heterocycles. The lowest BCUT2D eigenvalue weighted by Crippen LogP contribution is -2.70. The number of ether oxygens (including phenoxy) is 2. The van der Waals surface area contributed by atoms with Gasteiger partial charge in [-0.15, -0.1) is 0 Å². The van der Waals surface area contributed by atoms with E-state index in [2.05, 4.69) is 5.16 Å². The summed E-state index contributed by atoms with van der Waals surface area (Å²) in [5.74, 6) is -0.266. The fourth-order valence-corrected chi connectivity index (χ4v) is 4.99. The first-order chi connectivity index (χ1) is 16.9. The van der Waals surface area contributed by atoms with Crippen LogP contribution >= 0.6 is 0 Å². The molecule has 1 unspecified atom stereocenters. The number of hydrogen-bond acceptors (Lipinski definition) is 7. The Morgan fingerprint density at radius 2 is 1.83 bits per heavy atom. The Kier molecular flexibility index (Phi) is 5.55. The Labute approximate surface area is 202 Å². The Morgan fingerprint density at radius 1 is 1.11 bits per heavy atom. The van der Waals surface area contributed by atoms with Gasteiger partial charge < -0.3 is 18.9 Å². The van der Waals surface area contributed by atoms with Gasteiger partial charge >= 0.3 is 5.97 Å². The van der Waals surface area contributed by atoms with E-state index in [1.165, 1.54) is 9.80 Å². The Morgan fingerprint density at radius 3 is 2.57 bits per heavy atom. The van der Waals surface area contributed by atoms with Crippen LogP contribution in [0, 0.1) is 0 Å². The summed E-state index contributed by atoms with van der Waals surface area (Å²) in [5, 5.41) is 4.07. The molecule has 2 amide bonds. The maximum Gasteiger partial charge on any atom is 0.354 e.